The molecule has 4 aliphatic rings. The Hall–Kier alpha value is -1.65. The lowest BCUT2D eigenvalue weighted by molar-refractivity contribution is -0.140. The van der Waals surface area contributed by atoms with Gasteiger partial charge in [-0.3, -0.25) is 19.3 Å². The van der Waals surface area contributed by atoms with Crippen molar-refractivity contribution in [2.24, 2.45) is 35.5 Å². The van der Waals surface area contributed by atoms with Gasteiger partial charge in [-0.1, -0.05) is 19.1 Å². The van der Waals surface area contributed by atoms with E-state index in [2.05, 4.69) is 24.4 Å². The standard InChI is InChI=1S/C17H22N2O3/c1-9-7-12(9)15(20)18-5-2-6-19-16(21)13-10-3-4-11(8-10)14(13)17(19)22/h3-4,9-14H,2,5-8H2,1H3,(H,18,20)/t9-,10+,11+,12+,13-,14+/m1/s1. The third-order valence-electron chi connectivity index (χ3n) is 5.87. The van der Waals surface area contributed by atoms with Crippen LogP contribution in [0.25, 0.3) is 0 Å². The van der Waals surface area contributed by atoms with Gasteiger partial charge in [0.1, 0.15) is 0 Å². The lowest BCUT2D eigenvalue weighted by Gasteiger charge is -2.17. The summed E-state index contributed by atoms with van der Waals surface area (Å²) in [6.07, 6.45) is 6.81. The summed E-state index contributed by atoms with van der Waals surface area (Å²) in [7, 11) is 0. The molecule has 3 fully saturated rings. The summed E-state index contributed by atoms with van der Waals surface area (Å²) in [4.78, 5) is 38.1. The van der Waals surface area contributed by atoms with Crippen molar-refractivity contribution in [3.63, 3.8) is 0 Å². The number of imide groups is 1. The molecule has 3 aliphatic carbocycles. The number of carbonyl (C=O) groups excluding carboxylic acids is 3. The van der Waals surface area contributed by atoms with Gasteiger partial charge in [0.15, 0.2) is 0 Å². The fourth-order valence-electron chi connectivity index (χ4n) is 4.45. The predicted octanol–water partition coefficient (Wildman–Crippen LogP) is 0.956. The monoisotopic (exact) mass is 302 g/mol. The highest BCUT2D eigenvalue weighted by Crippen LogP contribution is 2.52. The van der Waals surface area contributed by atoms with Crippen LogP contribution in [0.3, 0.4) is 0 Å². The van der Waals surface area contributed by atoms with Crippen molar-refractivity contribution in [2.75, 3.05) is 13.1 Å². The molecule has 0 aromatic carbocycles. The van der Waals surface area contributed by atoms with Gasteiger partial charge in [0.2, 0.25) is 17.7 Å². The second kappa shape index (κ2) is 4.93. The molecular formula is C17H22N2O3. The van der Waals surface area contributed by atoms with Crippen LogP contribution in [-0.2, 0) is 14.4 Å². The van der Waals surface area contributed by atoms with Crippen LogP contribution < -0.4 is 5.32 Å². The predicted molar refractivity (Wildman–Crippen MR) is 79.3 cm³/mol. The molecule has 1 N–H and O–H groups in total. The topological polar surface area (TPSA) is 66.5 Å². The highest BCUT2D eigenvalue weighted by Gasteiger charge is 2.58. The van der Waals surface area contributed by atoms with Crippen LogP contribution in [0.4, 0.5) is 0 Å². The van der Waals surface area contributed by atoms with Crippen molar-refractivity contribution in [3.8, 4) is 0 Å². The number of hydrogen-bond acceptors (Lipinski definition) is 3. The van der Waals surface area contributed by atoms with Gasteiger partial charge in [-0.25, -0.2) is 0 Å². The Morgan fingerprint density at radius 1 is 1.18 bits per heavy atom. The fourth-order valence-corrected chi connectivity index (χ4v) is 4.45. The molecule has 5 nitrogen and oxygen atoms in total. The van der Waals surface area contributed by atoms with Gasteiger partial charge < -0.3 is 5.32 Å². The van der Waals surface area contributed by atoms with E-state index < -0.39 is 0 Å². The maximum Gasteiger partial charge on any atom is 0.233 e. The van der Waals surface area contributed by atoms with Crippen molar-refractivity contribution in [2.45, 2.75) is 26.2 Å². The molecule has 0 aromatic rings. The van der Waals surface area contributed by atoms with Crippen LogP contribution in [0.2, 0.25) is 0 Å². The summed E-state index contributed by atoms with van der Waals surface area (Å²) in [5, 5.41) is 2.91. The number of amides is 3. The fraction of sp³-hybridized carbons (Fsp3) is 0.706. The van der Waals surface area contributed by atoms with E-state index >= 15 is 0 Å². The van der Waals surface area contributed by atoms with Gasteiger partial charge in [-0.15, -0.1) is 0 Å². The summed E-state index contributed by atoms with van der Waals surface area (Å²) in [5.74, 6) is 1.14. The molecule has 2 saturated carbocycles. The van der Waals surface area contributed by atoms with Crippen molar-refractivity contribution in [1.82, 2.24) is 10.2 Å². The maximum atomic E-state index is 12.5. The number of likely N-dealkylation sites (tertiary alicyclic amines) is 1. The zero-order valence-corrected chi connectivity index (χ0v) is 12.8. The summed E-state index contributed by atoms with van der Waals surface area (Å²) in [5.41, 5.74) is 0. The Balaban J connectivity index is 1.28. The van der Waals surface area contributed by atoms with Crippen LogP contribution in [0.15, 0.2) is 12.2 Å². The van der Waals surface area contributed by atoms with Crippen molar-refractivity contribution in [1.29, 1.82) is 0 Å². The number of hydrogen-bond donors (Lipinski definition) is 1. The first-order chi connectivity index (χ1) is 10.6. The summed E-state index contributed by atoms with van der Waals surface area (Å²) in [6, 6.07) is 0. The first-order valence-corrected chi connectivity index (χ1v) is 8.39. The Kier molecular flexibility index (Phi) is 3.13. The van der Waals surface area contributed by atoms with Crippen molar-refractivity contribution < 1.29 is 14.4 Å². The Morgan fingerprint density at radius 3 is 2.32 bits per heavy atom. The van der Waals surface area contributed by atoms with Gasteiger partial charge in [-0.2, -0.15) is 0 Å². The molecule has 0 radical (unpaired) electrons. The lowest BCUT2D eigenvalue weighted by atomic mass is 9.85. The van der Waals surface area contributed by atoms with E-state index in [1.165, 1.54) is 4.90 Å². The largest absolute Gasteiger partial charge is 0.356 e. The molecule has 4 rings (SSSR count). The SMILES string of the molecule is C[C@@H]1C[C@@H]1C(=O)NCCCN1C(=O)[C@@H]2[C@H](C1=O)[C@H]1C=C[C@H]2C1. The van der Waals surface area contributed by atoms with Gasteiger partial charge in [0, 0.05) is 19.0 Å². The number of nitrogens with one attached hydrogen (secondary N) is 1. The maximum absolute atomic E-state index is 12.5. The average molecular weight is 302 g/mol. The van der Waals surface area contributed by atoms with Gasteiger partial charge in [0.25, 0.3) is 0 Å². The summed E-state index contributed by atoms with van der Waals surface area (Å²) < 4.78 is 0. The van der Waals surface area contributed by atoms with E-state index in [-0.39, 0.29) is 47.3 Å². The van der Waals surface area contributed by atoms with Crippen molar-refractivity contribution in [3.05, 3.63) is 12.2 Å². The molecule has 118 valence electrons. The molecule has 0 aromatic heterocycles. The highest BCUT2D eigenvalue weighted by atomic mass is 16.2. The summed E-state index contributed by atoms with van der Waals surface area (Å²) in [6.45, 7) is 3.05. The molecule has 5 heteroatoms. The lowest BCUT2D eigenvalue weighted by Crippen LogP contribution is -2.36. The zero-order chi connectivity index (χ0) is 15.4. The number of fused-ring (bicyclic) bond motifs is 5. The number of nitrogens with zero attached hydrogens (tertiary/aromatic N) is 1. The zero-order valence-electron chi connectivity index (χ0n) is 12.8. The molecule has 0 spiro atoms. The molecule has 22 heavy (non-hydrogen) atoms. The Bertz CT molecular complexity index is 540. The highest BCUT2D eigenvalue weighted by molar-refractivity contribution is 6.06. The van der Waals surface area contributed by atoms with E-state index in [0.29, 0.717) is 25.4 Å². The van der Waals surface area contributed by atoms with Crippen LogP contribution in [0, 0.1) is 35.5 Å². The number of allylic oxidation sites excluding steroid dienone is 2. The first-order valence-electron chi connectivity index (χ1n) is 8.39. The van der Waals surface area contributed by atoms with E-state index in [9.17, 15) is 14.4 Å². The normalized spacial score (nSPS) is 41.2. The summed E-state index contributed by atoms with van der Waals surface area (Å²) >= 11 is 0. The minimum atomic E-state index is -0.107. The van der Waals surface area contributed by atoms with Crippen LogP contribution in [-0.4, -0.2) is 35.7 Å². The molecule has 3 amide bonds. The molecule has 2 bridgehead atoms. The second-order valence-electron chi connectivity index (χ2n) is 7.29. The third kappa shape index (κ3) is 2.02. The Labute approximate surface area is 130 Å². The minimum absolute atomic E-state index is 0.00833. The average Bonchev–Trinajstić information content (AvgIpc) is 2.87. The molecule has 1 aliphatic heterocycles. The van der Waals surface area contributed by atoms with Crippen molar-refractivity contribution >= 4 is 17.7 Å². The molecule has 0 unspecified atom stereocenters. The molecule has 6 atom stereocenters. The van der Waals surface area contributed by atoms with Gasteiger partial charge >= 0.3 is 0 Å². The third-order valence-corrected chi connectivity index (χ3v) is 5.87. The smallest absolute Gasteiger partial charge is 0.233 e. The van der Waals surface area contributed by atoms with Crippen LogP contribution in [0.1, 0.15) is 26.2 Å². The van der Waals surface area contributed by atoms with Crippen LogP contribution >= 0.6 is 0 Å². The Morgan fingerprint density at radius 2 is 1.77 bits per heavy atom. The molecule has 1 saturated heterocycles. The quantitative estimate of drug-likeness (QED) is 0.467. The van der Waals surface area contributed by atoms with E-state index in [4.69, 9.17) is 0 Å². The molecule has 1 heterocycles. The second-order valence-corrected chi connectivity index (χ2v) is 7.29. The van der Waals surface area contributed by atoms with E-state index in [1.807, 2.05) is 0 Å². The van der Waals surface area contributed by atoms with E-state index in [1.54, 1.807) is 0 Å². The number of rotatable bonds is 5. The number of carbonyl (C=O) groups is 3. The first kappa shape index (κ1) is 14.0. The minimum Gasteiger partial charge on any atom is -0.356 e. The van der Waals surface area contributed by atoms with E-state index in [0.717, 1.165) is 12.8 Å². The van der Waals surface area contributed by atoms with Gasteiger partial charge in [0.05, 0.1) is 11.8 Å². The van der Waals surface area contributed by atoms with Gasteiger partial charge in [-0.05, 0) is 37.0 Å². The molecular weight excluding hydrogens is 280 g/mol. The van der Waals surface area contributed by atoms with Crippen LogP contribution in [0.5, 0.6) is 0 Å².